The number of imidazole rings is 2. The van der Waals surface area contributed by atoms with E-state index in [1.54, 1.807) is 0 Å². The third-order valence-electron chi connectivity index (χ3n) is 9.70. The Morgan fingerprint density at radius 1 is 0.396 bits per heavy atom. The van der Waals surface area contributed by atoms with Crippen LogP contribution < -0.4 is 0 Å². The Morgan fingerprint density at radius 3 is 1.56 bits per heavy atom. The van der Waals surface area contributed by atoms with E-state index >= 15 is 0 Å². The molecule has 4 aromatic heterocycles. The van der Waals surface area contributed by atoms with E-state index in [1.165, 1.54) is 0 Å². The van der Waals surface area contributed by atoms with Crippen molar-refractivity contribution in [3.8, 4) is 27.9 Å². The van der Waals surface area contributed by atoms with E-state index in [0.717, 1.165) is 99.7 Å². The van der Waals surface area contributed by atoms with Crippen LogP contribution in [0, 0.1) is 0 Å². The number of fused-ring (bicyclic) bond motifs is 11. The number of para-hydroxylation sites is 6. The molecule has 48 heavy (non-hydrogen) atoms. The lowest BCUT2D eigenvalue weighted by molar-refractivity contribution is 0.668. The van der Waals surface area contributed by atoms with Gasteiger partial charge in [-0.15, -0.1) is 0 Å². The minimum Gasteiger partial charge on any atom is -0.456 e. The molecule has 5 heteroatoms. The summed E-state index contributed by atoms with van der Waals surface area (Å²) in [5.41, 5.74) is 13.3. The molecule has 0 amide bonds. The van der Waals surface area contributed by atoms with Crippen LogP contribution in [-0.4, -0.2) is 14.0 Å². The maximum Gasteiger partial charge on any atom is 0.220 e. The van der Waals surface area contributed by atoms with Gasteiger partial charge in [0.25, 0.3) is 0 Å². The lowest BCUT2D eigenvalue weighted by atomic mass is 9.96. The monoisotopic (exact) mass is 615 g/mol. The van der Waals surface area contributed by atoms with Crippen LogP contribution in [0.4, 0.5) is 0 Å². The second-order valence-electron chi connectivity index (χ2n) is 12.4. The summed E-state index contributed by atoms with van der Waals surface area (Å²) in [6, 6.07) is 53.2. The normalized spacial score (nSPS) is 12.2. The SMILES string of the molecule is c1ccc2c(c1)nc1n(-c3cc(-c4ccc5oc6ccccc6c5c4)cc(-c4ccc5oc6ccccc6c5c4)c3)c3ccccc3n21. The highest BCUT2D eigenvalue weighted by Gasteiger charge is 2.19. The zero-order valence-corrected chi connectivity index (χ0v) is 25.6. The minimum atomic E-state index is 0.882. The predicted molar refractivity (Wildman–Crippen MR) is 195 cm³/mol. The first-order valence-electron chi connectivity index (χ1n) is 16.1. The quantitative estimate of drug-likeness (QED) is 0.199. The van der Waals surface area contributed by atoms with Crippen LogP contribution >= 0.6 is 0 Å². The highest BCUT2D eigenvalue weighted by molar-refractivity contribution is 6.07. The van der Waals surface area contributed by atoms with Crippen molar-refractivity contribution in [3.63, 3.8) is 0 Å². The molecule has 224 valence electrons. The van der Waals surface area contributed by atoms with Crippen LogP contribution in [0.2, 0.25) is 0 Å². The largest absolute Gasteiger partial charge is 0.456 e. The predicted octanol–water partition coefficient (Wildman–Crippen LogP) is 11.6. The van der Waals surface area contributed by atoms with E-state index in [1.807, 2.05) is 30.3 Å². The molecule has 0 aliphatic heterocycles. The van der Waals surface area contributed by atoms with Gasteiger partial charge in [0, 0.05) is 21.5 Å². The van der Waals surface area contributed by atoms with Gasteiger partial charge in [0.05, 0.1) is 27.8 Å². The van der Waals surface area contributed by atoms with E-state index in [0.29, 0.717) is 0 Å². The van der Waals surface area contributed by atoms with Crippen LogP contribution in [0.15, 0.2) is 160 Å². The van der Waals surface area contributed by atoms with E-state index < -0.39 is 0 Å². The first kappa shape index (κ1) is 25.6. The van der Waals surface area contributed by atoms with Gasteiger partial charge in [-0.1, -0.05) is 72.8 Å². The number of nitrogens with zero attached hydrogens (tertiary/aromatic N) is 3. The van der Waals surface area contributed by atoms with E-state index in [9.17, 15) is 0 Å². The average Bonchev–Trinajstić information content (AvgIpc) is 3.89. The van der Waals surface area contributed by atoms with Gasteiger partial charge in [-0.25, -0.2) is 4.98 Å². The summed E-state index contributed by atoms with van der Waals surface area (Å²) in [6.45, 7) is 0. The maximum absolute atomic E-state index is 6.19. The fourth-order valence-corrected chi connectivity index (χ4v) is 7.49. The van der Waals surface area contributed by atoms with Gasteiger partial charge in [-0.05, 0) is 101 Å². The van der Waals surface area contributed by atoms with Crippen molar-refractivity contribution < 1.29 is 8.83 Å². The van der Waals surface area contributed by atoms with Gasteiger partial charge >= 0.3 is 0 Å². The average molecular weight is 616 g/mol. The lowest BCUT2D eigenvalue weighted by Gasteiger charge is -2.13. The van der Waals surface area contributed by atoms with Crippen molar-refractivity contribution in [2.24, 2.45) is 0 Å². The zero-order chi connectivity index (χ0) is 31.3. The van der Waals surface area contributed by atoms with Crippen LogP contribution in [-0.2, 0) is 0 Å². The zero-order valence-electron chi connectivity index (χ0n) is 25.6. The number of rotatable bonds is 3. The molecular weight excluding hydrogens is 590 g/mol. The smallest absolute Gasteiger partial charge is 0.220 e. The molecule has 0 fully saturated rings. The molecule has 0 unspecified atom stereocenters. The molecule has 0 spiro atoms. The van der Waals surface area contributed by atoms with E-state index in [4.69, 9.17) is 13.8 Å². The molecule has 0 N–H and O–H groups in total. The maximum atomic E-state index is 6.19. The first-order valence-corrected chi connectivity index (χ1v) is 16.1. The molecule has 11 rings (SSSR count). The fourth-order valence-electron chi connectivity index (χ4n) is 7.49. The first-order chi connectivity index (χ1) is 23.8. The van der Waals surface area contributed by atoms with Crippen molar-refractivity contribution in [2.75, 3.05) is 0 Å². The molecule has 0 saturated carbocycles. The van der Waals surface area contributed by atoms with Crippen molar-refractivity contribution in [1.82, 2.24) is 14.0 Å². The van der Waals surface area contributed by atoms with E-state index in [-0.39, 0.29) is 0 Å². The second kappa shape index (κ2) is 9.47. The van der Waals surface area contributed by atoms with Gasteiger partial charge in [0.2, 0.25) is 5.78 Å². The summed E-state index contributed by atoms with van der Waals surface area (Å²) in [5.74, 6) is 0.882. The number of aromatic nitrogens is 3. The van der Waals surface area contributed by atoms with Crippen molar-refractivity contribution >= 4 is 71.7 Å². The number of benzene rings is 7. The minimum absolute atomic E-state index is 0.882. The Labute approximate surface area is 273 Å². The number of furan rings is 2. The van der Waals surface area contributed by atoms with Crippen molar-refractivity contribution in [1.29, 1.82) is 0 Å². The Morgan fingerprint density at radius 2 is 0.917 bits per heavy atom. The molecule has 0 radical (unpaired) electrons. The summed E-state index contributed by atoms with van der Waals surface area (Å²) in [5, 5.41) is 4.44. The van der Waals surface area contributed by atoms with Crippen LogP contribution in [0.5, 0.6) is 0 Å². The highest BCUT2D eigenvalue weighted by Crippen LogP contribution is 2.39. The molecule has 0 atom stereocenters. The van der Waals surface area contributed by atoms with Crippen molar-refractivity contribution in [3.05, 3.63) is 152 Å². The molecule has 0 saturated heterocycles. The van der Waals surface area contributed by atoms with Crippen LogP contribution in [0.1, 0.15) is 0 Å². The van der Waals surface area contributed by atoms with Gasteiger partial charge < -0.3 is 8.83 Å². The van der Waals surface area contributed by atoms with Crippen LogP contribution in [0.25, 0.3) is 99.7 Å². The molecule has 5 nitrogen and oxygen atoms in total. The third kappa shape index (κ3) is 3.58. The van der Waals surface area contributed by atoms with Gasteiger partial charge in [0.15, 0.2) is 0 Å². The standard InChI is InChI=1S/C43H25N3O2/c1-7-15-39-31(9-1)33-24-26(17-19-41(33)47-39)28-21-29(27-18-20-42-34(25-27)32-10-2-8-16-40(32)48-42)23-30(22-28)45-37-13-5-6-14-38(37)46-36-12-4-3-11-35(36)44-43(45)46/h1-25H. The molecule has 11 aromatic rings. The van der Waals surface area contributed by atoms with Gasteiger partial charge in [-0.3, -0.25) is 8.97 Å². The fraction of sp³-hybridized carbons (Fsp3) is 0. The van der Waals surface area contributed by atoms with Crippen LogP contribution in [0.3, 0.4) is 0 Å². The Balaban J connectivity index is 1.21. The number of hydrogen-bond acceptors (Lipinski definition) is 3. The Kier molecular flexibility index (Phi) is 5.05. The summed E-state index contributed by atoms with van der Waals surface area (Å²) in [4.78, 5) is 5.17. The lowest BCUT2D eigenvalue weighted by Crippen LogP contribution is -1.97. The highest BCUT2D eigenvalue weighted by atomic mass is 16.3. The van der Waals surface area contributed by atoms with E-state index in [2.05, 4.69) is 130 Å². The third-order valence-corrected chi connectivity index (χ3v) is 9.70. The summed E-state index contributed by atoms with van der Waals surface area (Å²) >= 11 is 0. The molecular formula is C43H25N3O2. The number of hydrogen-bond donors (Lipinski definition) is 0. The topological polar surface area (TPSA) is 48.5 Å². The van der Waals surface area contributed by atoms with Gasteiger partial charge in [0.1, 0.15) is 22.3 Å². The molecule has 0 aliphatic rings. The van der Waals surface area contributed by atoms with Gasteiger partial charge in [-0.2, -0.15) is 0 Å². The molecule has 0 aliphatic carbocycles. The molecule has 4 heterocycles. The summed E-state index contributed by atoms with van der Waals surface area (Å²) in [6.07, 6.45) is 0. The summed E-state index contributed by atoms with van der Waals surface area (Å²) in [7, 11) is 0. The van der Waals surface area contributed by atoms with Crippen molar-refractivity contribution in [2.45, 2.75) is 0 Å². The second-order valence-corrected chi connectivity index (χ2v) is 12.4. The summed E-state index contributed by atoms with van der Waals surface area (Å²) < 4.78 is 16.9. The Hall–Kier alpha value is -6.59. The Bertz CT molecular complexity index is 2950. The molecule has 7 aromatic carbocycles. The molecule has 0 bridgehead atoms.